The second kappa shape index (κ2) is 7.42. The van der Waals surface area contributed by atoms with E-state index in [1.54, 1.807) is 23.1 Å². The molecule has 0 spiro atoms. The first-order valence-electron chi connectivity index (χ1n) is 8.44. The molecule has 2 aliphatic heterocycles. The number of alkyl halides is 3. The van der Waals surface area contributed by atoms with Crippen LogP contribution in [0.2, 0.25) is 0 Å². The van der Waals surface area contributed by atoms with Crippen molar-refractivity contribution in [3.05, 3.63) is 42.0 Å². The molecule has 0 aliphatic carbocycles. The number of aryl methyl sites for hydroxylation is 1. The maximum absolute atomic E-state index is 12.5. The highest BCUT2D eigenvalue weighted by molar-refractivity contribution is 6.02. The summed E-state index contributed by atoms with van der Waals surface area (Å²) in [6.07, 6.45) is -3.02. The number of amides is 2. The van der Waals surface area contributed by atoms with E-state index in [0.29, 0.717) is 12.1 Å². The van der Waals surface area contributed by atoms with Crippen LogP contribution in [-0.4, -0.2) is 42.9 Å². The number of hydrogen-bond donors (Lipinski definition) is 1. The summed E-state index contributed by atoms with van der Waals surface area (Å²) < 4.78 is 37.6. The van der Waals surface area contributed by atoms with E-state index in [0.717, 1.165) is 24.1 Å². The maximum atomic E-state index is 12.5. The number of benzene rings is 1. The smallest absolute Gasteiger partial charge is 0.390 e. The van der Waals surface area contributed by atoms with Gasteiger partial charge in [-0.2, -0.15) is 13.2 Å². The lowest BCUT2D eigenvalue weighted by Crippen LogP contribution is -2.35. The molecule has 1 N–H and O–H groups in total. The third kappa shape index (κ3) is 4.12. The molecule has 1 aromatic rings. The van der Waals surface area contributed by atoms with E-state index in [9.17, 15) is 22.8 Å². The zero-order chi connectivity index (χ0) is 19.6. The first-order valence-corrected chi connectivity index (χ1v) is 8.44. The lowest BCUT2D eigenvalue weighted by molar-refractivity contribution is -0.114. The van der Waals surface area contributed by atoms with E-state index < -0.39 is 30.3 Å². The molecule has 27 heavy (non-hydrogen) atoms. The Kier molecular flexibility index (Phi) is 5.20. The highest BCUT2D eigenvalue weighted by Crippen LogP contribution is 2.29. The third-order valence-corrected chi connectivity index (χ3v) is 4.45. The Bertz CT molecular complexity index is 805. The number of nitrogens with zero attached hydrogens (tertiary/aromatic N) is 2. The molecule has 6 nitrogen and oxygen atoms in total. The van der Waals surface area contributed by atoms with Crippen LogP contribution in [0, 0.1) is 0 Å². The molecule has 0 fully saturated rings. The molecule has 0 radical (unpaired) electrons. The van der Waals surface area contributed by atoms with Crippen LogP contribution in [0.4, 0.5) is 18.9 Å². The largest absolute Gasteiger partial charge is 0.432 e. The van der Waals surface area contributed by atoms with Crippen LogP contribution < -0.4 is 10.2 Å². The summed E-state index contributed by atoms with van der Waals surface area (Å²) in [4.78, 5) is 30.6. The number of oxime groups is 1. The summed E-state index contributed by atoms with van der Waals surface area (Å²) in [7, 11) is 0. The van der Waals surface area contributed by atoms with Gasteiger partial charge in [0.25, 0.3) is 5.91 Å². The Hall–Kier alpha value is -2.84. The van der Waals surface area contributed by atoms with E-state index in [4.69, 9.17) is 4.84 Å². The molecule has 1 unspecified atom stereocenters. The van der Waals surface area contributed by atoms with Crippen molar-refractivity contribution in [1.82, 2.24) is 5.32 Å². The number of nitrogens with one attached hydrogen (secondary N) is 1. The minimum atomic E-state index is -4.52. The molecule has 0 bridgehead atoms. The summed E-state index contributed by atoms with van der Waals surface area (Å²) >= 11 is 0. The Morgan fingerprint density at radius 1 is 1.41 bits per heavy atom. The van der Waals surface area contributed by atoms with Crippen LogP contribution in [0.25, 0.3) is 0 Å². The van der Waals surface area contributed by atoms with Gasteiger partial charge in [0.1, 0.15) is 6.10 Å². The minimum Gasteiger partial charge on any atom is -0.390 e. The number of halogens is 3. The maximum Gasteiger partial charge on any atom is 0.432 e. The van der Waals surface area contributed by atoms with Crippen molar-refractivity contribution in [2.24, 2.45) is 5.16 Å². The first kappa shape index (κ1) is 18.9. The summed E-state index contributed by atoms with van der Waals surface area (Å²) in [6.45, 7) is 3.99. The van der Waals surface area contributed by atoms with Crippen LogP contribution in [-0.2, 0) is 16.1 Å². The summed E-state index contributed by atoms with van der Waals surface area (Å²) in [5.74, 6) is -0.624. The highest BCUT2D eigenvalue weighted by atomic mass is 19.4. The number of rotatable bonds is 4. The first-order chi connectivity index (χ1) is 12.8. The van der Waals surface area contributed by atoms with Crippen molar-refractivity contribution in [2.75, 3.05) is 18.0 Å². The van der Waals surface area contributed by atoms with Crippen molar-refractivity contribution in [3.8, 4) is 0 Å². The monoisotopic (exact) mass is 381 g/mol. The number of fused-ring (bicyclic) bond motifs is 1. The van der Waals surface area contributed by atoms with Crippen LogP contribution in [0.3, 0.4) is 0 Å². The van der Waals surface area contributed by atoms with E-state index in [2.05, 4.69) is 17.1 Å². The van der Waals surface area contributed by atoms with Gasteiger partial charge in [0.15, 0.2) is 5.71 Å². The van der Waals surface area contributed by atoms with E-state index in [-0.39, 0.29) is 12.5 Å². The molecule has 1 atom stereocenters. The van der Waals surface area contributed by atoms with Gasteiger partial charge in [0, 0.05) is 24.2 Å². The van der Waals surface area contributed by atoms with Gasteiger partial charge in [-0.25, -0.2) is 0 Å². The topological polar surface area (TPSA) is 71.0 Å². The van der Waals surface area contributed by atoms with Crippen molar-refractivity contribution in [1.29, 1.82) is 0 Å². The normalized spacial score (nSPS) is 19.0. The lowest BCUT2D eigenvalue weighted by Gasteiger charge is -2.29. The predicted molar refractivity (Wildman–Crippen MR) is 92.6 cm³/mol. The molecule has 144 valence electrons. The number of hydrogen-bond acceptors (Lipinski definition) is 4. The zero-order valence-corrected chi connectivity index (χ0v) is 14.4. The molecule has 2 amide bonds. The summed E-state index contributed by atoms with van der Waals surface area (Å²) in [5, 5.41) is 5.59. The number of carbonyl (C=O) groups excluding carboxylic acids is 2. The Morgan fingerprint density at radius 3 is 2.85 bits per heavy atom. The number of anilines is 1. The van der Waals surface area contributed by atoms with Gasteiger partial charge in [-0.05, 0) is 42.7 Å². The molecule has 1 aromatic carbocycles. The molecule has 2 heterocycles. The van der Waals surface area contributed by atoms with Gasteiger partial charge in [0.05, 0.1) is 6.54 Å². The molecule has 2 aliphatic rings. The molecule has 0 aromatic heterocycles. The molecule has 9 heteroatoms. The number of carbonyl (C=O) groups is 2. The van der Waals surface area contributed by atoms with E-state index in [1.165, 1.54) is 6.08 Å². The molecule has 0 saturated carbocycles. The summed E-state index contributed by atoms with van der Waals surface area (Å²) in [5.41, 5.74) is 0.994. The van der Waals surface area contributed by atoms with Crippen molar-refractivity contribution in [3.63, 3.8) is 0 Å². The second-order valence-corrected chi connectivity index (χ2v) is 6.32. The van der Waals surface area contributed by atoms with Gasteiger partial charge in [0.2, 0.25) is 5.91 Å². The van der Waals surface area contributed by atoms with Crippen molar-refractivity contribution >= 4 is 23.2 Å². The Labute approximate surface area is 153 Å². The molecular weight excluding hydrogens is 363 g/mol. The van der Waals surface area contributed by atoms with Crippen molar-refractivity contribution in [2.45, 2.75) is 31.5 Å². The van der Waals surface area contributed by atoms with Gasteiger partial charge in [-0.15, -0.1) is 0 Å². The minimum absolute atomic E-state index is 0.0833. The quantitative estimate of drug-likeness (QED) is 0.815. The highest BCUT2D eigenvalue weighted by Gasteiger charge is 2.41. The lowest BCUT2D eigenvalue weighted by atomic mass is 9.98. The van der Waals surface area contributed by atoms with E-state index >= 15 is 0 Å². The standard InChI is InChI=1S/C18H18F3N3O3/c1-2-16(25)24-7-3-4-11-8-12(5-6-14(11)24)17(26)22-10-13-9-15(23-27-13)18(19,20)21/h2,5-6,8,13H,1,3-4,7,9-10H2,(H,22,26). The fourth-order valence-electron chi connectivity index (χ4n) is 3.09. The van der Waals surface area contributed by atoms with Gasteiger partial charge in [-0.3, -0.25) is 9.59 Å². The van der Waals surface area contributed by atoms with Crippen molar-refractivity contribution < 1.29 is 27.6 Å². The fraction of sp³-hybridized carbons (Fsp3) is 0.389. The Balaban J connectivity index is 1.62. The zero-order valence-electron chi connectivity index (χ0n) is 14.4. The predicted octanol–water partition coefficient (Wildman–Crippen LogP) is 2.59. The second-order valence-electron chi connectivity index (χ2n) is 6.32. The SMILES string of the molecule is C=CC(=O)N1CCCc2cc(C(=O)NCC3CC(C(F)(F)F)=NO3)ccc21. The molecule has 0 saturated heterocycles. The summed E-state index contributed by atoms with van der Waals surface area (Å²) in [6, 6.07) is 4.97. The average Bonchev–Trinajstić information content (AvgIpc) is 3.14. The molecule has 3 rings (SSSR count). The van der Waals surface area contributed by atoms with Crippen LogP contribution in [0.5, 0.6) is 0 Å². The third-order valence-electron chi connectivity index (χ3n) is 4.45. The molecular formula is C18H18F3N3O3. The van der Waals surface area contributed by atoms with E-state index in [1.807, 2.05) is 0 Å². The van der Waals surface area contributed by atoms with Gasteiger partial charge < -0.3 is 15.1 Å². The van der Waals surface area contributed by atoms with Crippen LogP contribution in [0.15, 0.2) is 36.0 Å². The Morgan fingerprint density at radius 2 is 2.19 bits per heavy atom. The van der Waals surface area contributed by atoms with Crippen LogP contribution in [0.1, 0.15) is 28.8 Å². The fourth-order valence-corrected chi connectivity index (χ4v) is 3.09. The van der Waals surface area contributed by atoms with Gasteiger partial charge >= 0.3 is 6.18 Å². The van der Waals surface area contributed by atoms with Crippen LogP contribution >= 0.6 is 0 Å². The average molecular weight is 381 g/mol. The van der Waals surface area contributed by atoms with Gasteiger partial charge in [-0.1, -0.05) is 11.7 Å².